The second-order valence-electron chi connectivity index (χ2n) is 7.09. The molecule has 0 aliphatic rings. The van der Waals surface area contributed by atoms with Crippen LogP contribution in [-0.2, 0) is 6.54 Å². The Morgan fingerprint density at radius 1 is 1.00 bits per heavy atom. The van der Waals surface area contributed by atoms with Crippen molar-refractivity contribution in [1.29, 1.82) is 10.5 Å². The van der Waals surface area contributed by atoms with Crippen LogP contribution in [0.3, 0.4) is 0 Å². The predicted molar refractivity (Wildman–Crippen MR) is 117 cm³/mol. The van der Waals surface area contributed by atoms with E-state index in [1.165, 1.54) is 12.1 Å². The standard InChI is InChI=1S/C26H18FN3/c1-18-25(14-22(16-29)21-6-4-5-20(13-21)15-28)24-7-2-3-8-26(24)30(18)17-19-9-11-23(27)12-10-19/h2-14H,17H2,1H3. The van der Waals surface area contributed by atoms with Gasteiger partial charge in [-0.05, 0) is 54.5 Å². The molecule has 0 N–H and O–H groups in total. The van der Waals surface area contributed by atoms with Gasteiger partial charge in [-0.15, -0.1) is 0 Å². The maximum atomic E-state index is 13.3. The van der Waals surface area contributed by atoms with E-state index in [9.17, 15) is 14.9 Å². The van der Waals surface area contributed by atoms with E-state index in [-0.39, 0.29) is 5.82 Å². The van der Waals surface area contributed by atoms with Crippen molar-refractivity contribution < 1.29 is 4.39 Å². The third-order valence-corrected chi connectivity index (χ3v) is 5.25. The van der Waals surface area contributed by atoms with E-state index in [4.69, 9.17) is 0 Å². The fraction of sp³-hybridized carbons (Fsp3) is 0.0769. The number of nitrogens with zero attached hydrogens (tertiary/aromatic N) is 3. The second kappa shape index (κ2) is 8.07. The molecule has 0 saturated heterocycles. The van der Waals surface area contributed by atoms with Crippen LogP contribution in [0.15, 0.2) is 72.8 Å². The SMILES string of the molecule is Cc1c(C=C(C#N)c2cccc(C#N)c2)c2ccccc2n1Cc1ccc(F)cc1. The highest BCUT2D eigenvalue weighted by molar-refractivity contribution is 5.99. The highest BCUT2D eigenvalue weighted by atomic mass is 19.1. The van der Waals surface area contributed by atoms with E-state index in [0.717, 1.165) is 27.7 Å². The number of nitriles is 2. The average Bonchev–Trinajstić information content (AvgIpc) is 3.04. The van der Waals surface area contributed by atoms with Gasteiger partial charge in [-0.25, -0.2) is 4.39 Å². The number of hydrogen-bond acceptors (Lipinski definition) is 2. The van der Waals surface area contributed by atoms with Crippen molar-refractivity contribution in [3.05, 3.63) is 107 Å². The van der Waals surface area contributed by atoms with Crippen molar-refractivity contribution in [2.45, 2.75) is 13.5 Å². The number of hydrogen-bond donors (Lipinski definition) is 0. The molecular formula is C26H18FN3. The van der Waals surface area contributed by atoms with Gasteiger partial charge in [-0.2, -0.15) is 10.5 Å². The third-order valence-electron chi connectivity index (χ3n) is 5.25. The maximum absolute atomic E-state index is 13.3. The number of rotatable bonds is 4. The lowest BCUT2D eigenvalue weighted by molar-refractivity contribution is 0.626. The van der Waals surface area contributed by atoms with Gasteiger partial charge in [-0.3, -0.25) is 0 Å². The Bertz CT molecular complexity index is 1350. The van der Waals surface area contributed by atoms with Crippen molar-refractivity contribution in [3.8, 4) is 12.1 Å². The summed E-state index contributed by atoms with van der Waals surface area (Å²) in [5, 5.41) is 20.0. The van der Waals surface area contributed by atoms with E-state index in [0.29, 0.717) is 23.2 Å². The molecule has 3 aromatic carbocycles. The zero-order valence-corrected chi connectivity index (χ0v) is 16.4. The molecule has 30 heavy (non-hydrogen) atoms. The van der Waals surface area contributed by atoms with Crippen LogP contribution >= 0.6 is 0 Å². The zero-order chi connectivity index (χ0) is 21.1. The van der Waals surface area contributed by atoms with E-state index in [2.05, 4.69) is 16.7 Å². The third kappa shape index (κ3) is 3.60. The van der Waals surface area contributed by atoms with Crippen LogP contribution in [-0.4, -0.2) is 4.57 Å². The van der Waals surface area contributed by atoms with Crippen molar-refractivity contribution in [1.82, 2.24) is 4.57 Å². The molecular weight excluding hydrogens is 373 g/mol. The molecule has 0 aliphatic carbocycles. The molecule has 0 fully saturated rings. The minimum Gasteiger partial charge on any atom is -0.340 e. The summed E-state index contributed by atoms with van der Waals surface area (Å²) in [7, 11) is 0. The Hall–Kier alpha value is -4.15. The fourth-order valence-electron chi connectivity index (χ4n) is 3.70. The first-order chi connectivity index (χ1) is 14.6. The molecule has 0 spiro atoms. The summed E-state index contributed by atoms with van der Waals surface area (Å²) in [6.07, 6.45) is 1.88. The zero-order valence-electron chi connectivity index (χ0n) is 16.4. The average molecular weight is 391 g/mol. The molecule has 4 heteroatoms. The first-order valence-corrected chi connectivity index (χ1v) is 9.55. The number of benzene rings is 3. The molecule has 0 atom stereocenters. The molecule has 0 saturated carbocycles. The van der Waals surface area contributed by atoms with Gasteiger partial charge < -0.3 is 4.57 Å². The van der Waals surface area contributed by atoms with Gasteiger partial charge in [0.2, 0.25) is 0 Å². The van der Waals surface area contributed by atoms with Gasteiger partial charge in [0.1, 0.15) is 5.82 Å². The van der Waals surface area contributed by atoms with Crippen LogP contribution in [0.5, 0.6) is 0 Å². The smallest absolute Gasteiger partial charge is 0.123 e. The Balaban J connectivity index is 1.86. The van der Waals surface area contributed by atoms with Crippen LogP contribution in [0.2, 0.25) is 0 Å². The van der Waals surface area contributed by atoms with Gasteiger partial charge in [0.05, 0.1) is 23.3 Å². The van der Waals surface area contributed by atoms with E-state index in [1.807, 2.05) is 43.3 Å². The molecule has 0 radical (unpaired) electrons. The minimum atomic E-state index is -0.255. The topological polar surface area (TPSA) is 52.5 Å². The minimum absolute atomic E-state index is 0.255. The van der Waals surface area contributed by atoms with E-state index < -0.39 is 0 Å². The Labute approximate surface area is 174 Å². The van der Waals surface area contributed by atoms with Crippen LogP contribution < -0.4 is 0 Å². The summed E-state index contributed by atoms with van der Waals surface area (Å²) >= 11 is 0. The molecule has 0 bridgehead atoms. The summed E-state index contributed by atoms with van der Waals surface area (Å²) in [6, 6.07) is 26.0. The number of para-hydroxylation sites is 1. The monoisotopic (exact) mass is 391 g/mol. The van der Waals surface area contributed by atoms with Crippen molar-refractivity contribution in [2.75, 3.05) is 0 Å². The largest absolute Gasteiger partial charge is 0.340 e. The molecule has 0 unspecified atom stereocenters. The second-order valence-corrected chi connectivity index (χ2v) is 7.09. The molecule has 0 aliphatic heterocycles. The van der Waals surface area contributed by atoms with Crippen LogP contribution in [0.25, 0.3) is 22.6 Å². The van der Waals surface area contributed by atoms with Crippen LogP contribution in [0.4, 0.5) is 4.39 Å². The molecule has 4 aromatic rings. The van der Waals surface area contributed by atoms with Crippen molar-refractivity contribution in [3.63, 3.8) is 0 Å². The van der Waals surface area contributed by atoms with Gasteiger partial charge in [0, 0.05) is 28.7 Å². The summed E-state index contributed by atoms with van der Waals surface area (Å²) in [6.45, 7) is 2.63. The van der Waals surface area contributed by atoms with Gasteiger partial charge in [0.25, 0.3) is 0 Å². The van der Waals surface area contributed by atoms with Crippen LogP contribution in [0, 0.1) is 35.4 Å². The van der Waals surface area contributed by atoms with Crippen molar-refractivity contribution in [2.24, 2.45) is 0 Å². The highest BCUT2D eigenvalue weighted by Gasteiger charge is 2.14. The Morgan fingerprint density at radius 2 is 1.77 bits per heavy atom. The molecule has 1 heterocycles. The quantitative estimate of drug-likeness (QED) is 0.396. The number of fused-ring (bicyclic) bond motifs is 1. The Morgan fingerprint density at radius 3 is 2.50 bits per heavy atom. The molecule has 4 rings (SSSR count). The van der Waals surface area contributed by atoms with Crippen LogP contribution in [0.1, 0.15) is 27.9 Å². The lowest BCUT2D eigenvalue weighted by atomic mass is 10.0. The predicted octanol–water partition coefficient (Wildman–Crippen LogP) is 6.07. The van der Waals surface area contributed by atoms with E-state index >= 15 is 0 Å². The maximum Gasteiger partial charge on any atom is 0.123 e. The van der Waals surface area contributed by atoms with Gasteiger partial charge >= 0.3 is 0 Å². The number of aromatic nitrogens is 1. The lowest BCUT2D eigenvalue weighted by Crippen LogP contribution is -2.02. The van der Waals surface area contributed by atoms with E-state index in [1.54, 1.807) is 30.3 Å². The first-order valence-electron chi connectivity index (χ1n) is 9.55. The highest BCUT2D eigenvalue weighted by Crippen LogP contribution is 2.30. The van der Waals surface area contributed by atoms with Gasteiger partial charge in [0.15, 0.2) is 0 Å². The summed E-state index contributed by atoms with van der Waals surface area (Å²) in [5.41, 5.74) is 5.76. The summed E-state index contributed by atoms with van der Waals surface area (Å²) < 4.78 is 15.5. The molecule has 1 aromatic heterocycles. The Kier molecular flexibility index (Phi) is 5.16. The van der Waals surface area contributed by atoms with Crippen molar-refractivity contribution >= 4 is 22.6 Å². The van der Waals surface area contributed by atoms with Gasteiger partial charge in [-0.1, -0.05) is 42.5 Å². The fourth-order valence-corrected chi connectivity index (χ4v) is 3.70. The molecule has 3 nitrogen and oxygen atoms in total. The number of halogens is 1. The molecule has 144 valence electrons. The summed E-state index contributed by atoms with van der Waals surface area (Å²) in [5.74, 6) is -0.255. The number of allylic oxidation sites excluding steroid dienone is 1. The molecule has 0 amide bonds. The first kappa shape index (κ1) is 19.2. The summed E-state index contributed by atoms with van der Waals surface area (Å²) in [4.78, 5) is 0. The lowest BCUT2D eigenvalue weighted by Gasteiger charge is -2.09. The normalized spacial score (nSPS) is 11.3.